The first-order valence-electron chi connectivity index (χ1n) is 11.4. The number of rotatable bonds is 5. The molecule has 5 nitrogen and oxygen atoms in total. The van der Waals surface area contributed by atoms with Crippen LogP contribution in [0.15, 0.2) is 60.8 Å². The molecule has 1 heterocycles. The van der Waals surface area contributed by atoms with Gasteiger partial charge >= 0.3 is 0 Å². The number of nitrogens with one attached hydrogen (secondary N) is 1. The van der Waals surface area contributed by atoms with E-state index in [0.29, 0.717) is 23.6 Å². The molecule has 1 N–H and O–H groups in total. The molecule has 2 aromatic carbocycles. The highest BCUT2D eigenvalue weighted by atomic mass is 16.5. The Balaban J connectivity index is 1.46. The Morgan fingerprint density at radius 3 is 2.55 bits per heavy atom. The first kappa shape index (κ1) is 22.7. The van der Waals surface area contributed by atoms with Gasteiger partial charge in [0.2, 0.25) is 5.91 Å². The lowest BCUT2D eigenvalue weighted by Gasteiger charge is -2.25. The predicted octanol–water partition coefficient (Wildman–Crippen LogP) is 6.12. The summed E-state index contributed by atoms with van der Waals surface area (Å²) in [6, 6.07) is 17.5. The van der Waals surface area contributed by atoms with E-state index < -0.39 is 0 Å². The van der Waals surface area contributed by atoms with Gasteiger partial charge in [0.1, 0.15) is 17.2 Å². The Labute approximate surface area is 195 Å². The number of hydrogen-bond donors (Lipinski definition) is 1. The average molecular weight is 443 g/mol. The van der Waals surface area contributed by atoms with Crippen molar-refractivity contribution in [1.29, 1.82) is 0 Å². The molecule has 4 rings (SSSR count). The van der Waals surface area contributed by atoms with E-state index in [0.717, 1.165) is 24.1 Å². The summed E-state index contributed by atoms with van der Waals surface area (Å²) in [4.78, 5) is 28.7. The molecule has 0 saturated heterocycles. The smallest absolute Gasteiger partial charge is 0.227 e. The van der Waals surface area contributed by atoms with Gasteiger partial charge in [0.15, 0.2) is 5.78 Å². The van der Waals surface area contributed by atoms with Gasteiger partial charge in [-0.2, -0.15) is 0 Å². The van der Waals surface area contributed by atoms with Crippen LogP contribution in [0, 0.1) is 5.92 Å². The molecular weight excluding hydrogens is 412 g/mol. The minimum Gasteiger partial charge on any atom is -0.457 e. The van der Waals surface area contributed by atoms with Crippen LogP contribution in [-0.4, -0.2) is 16.7 Å². The van der Waals surface area contributed by atoms with Crippen LogP contribution in [0.25, 0.3) is 0 Å². The largest absolute Gasteiger partial charge is 0.457 e. The van der Waals surface area contributed by atoms with Gasteiger partial charge in [-0.25, -0.2) is 0 Å². The number of hydrogen-bond acceptors (Lipinski definition) is 4. The number of pyridine rings is 1. The first-order chi connectivity index (χ1) is 15.7. The monoisotopic (exact) mass is 442 g/mol. The summed E-state index contributed by atoms with van der Waals surface area (Å²) in [5.41, 5.74) is 4.82. The molecule has 5 heteroatoms. The number of carbonyl (C=O) groups excluding carboxylic acids is 2. The van der Waals surface area contributed by atoms with Gasteiger partial charge in [-0.15, -0.1) is 0 Å². The molecule has 1 atom stereocenters. The molecule has 0 saturated carbocycles. The molecule has 0 aliphatic heterocycles. The molecular formula is C28H30N2O3. The lowest BCUT2D eigenvalue weighted by molar-refractivity contribution is -0.120. The summed E-state index contributed by atoms with van der Waals surface area (Å²) in [7, 11) is 0. The summed E-state index contributed by atoms with van der Waals surface area (Å²) in [6.07, 6.45) is 3.93. The second kappa shape index (κ2) is 9.18. The third-order valence-electron chi connectivity index (χ3n) is 6.10. The van der Waals surface area contributed by atoms with Gasteiger partial charge in [-0.3, -0.25) is 14.6 Å². The van der Waals surface area contributed by atoms with Crippen LogP contribution in [0.5, 0.6) is 11.5 Å². The third-order valence-corrected chi connectivity index (χ3v) is 6.10. The molecule has 0 spiro atoms. The Morgan fingerprint density at radius 1 is 1.00 bits per heavy atom. The van der Waals surface area contributed by atoms with E-state index in [-0.39, 0.29) is 23.0 Å². The van der Waals surface area contributed by atoms with Gasteiger partial charge < -0.3 is 10.1 Å². The maximum atomic E-state index is 13.0. The van der Waals surface area contributed by atoms with Crippen LogP contribution >= 0.6 is 0 Å². The van der Waals surface area contributed by atoms with Crippen molar-refractivity contribution in [3.8, 4) is 11.5 Å². The van der Waals surface area contributed by atoms with Gasteiger partial charge in [-0.05, 0) is 71.7 Å². The van der Waals surface area contributed by atoms with Crippen LogP contribution in [0.4, 0.5) is 5.69 Å². The molecule has 1 unspecified atom stereocenters. The van der Waals surface area contributed by atoms with Gasteiger partial charge in [0.05, 0.1) is 0 Å². The van der Waals surface area contributed by atoms with Crippen molar-refractivity contribution in [2.45, 2.75) is 52.4 Å². The van der Waals surface area contributed by atoms with Gasteiger partial charge in [0.25, 0.3) is 0 Å². The molecule has 3 aromatic rings. The van der Waals surface area contributed by atoms with Crippen molar-refractivity contribution in [2.24, 2.45) is 5.92 Å². The minimum atomic E-state index is -0.104. The standard InChI is InChI=1S/C28H30N2O3/c1-18(31)26-17-25(12-13-29-26)33-24-11-10-19-8-9-20(14-21(19)15-24)27(32)30-23-7-5-6-22(16-23)28(2,3)4/h5-7,10-13,15-17,20H,8-9,14H2,1-4H3,(H,30,32). The maximum Gasteiger partial charge on any atom is 0.227 e. The summed E-state index contributed by atoms with van der Waals surface area (Å²) in [6.45, 7) is 7.98. The van der Waals surface area contributed by atoms with E-state index in [1.807, 2.05) is 24.3 Å². The molecule has 0 bridgehead atoms. The Bertz CT molecular complexity index is 1190. The van der Waals surface area contributed by atoms with Crippen molar-refractivity contribution in [2.75, 3.05) is 5.32 Å². The van der Waals surface area contributed by atoms with Crippen molar-refractivity contribution >= 4 is 17.4 Å². The quantitative estimate of drug-likeness (QED) is 0.484. The highest BCUT2D eigenvalue weighted by Gasteiger charge is 2.25. The number of anilines is 1. The topological polar surface area (TPSA) is 68.3 Å². The van der Waals surface area contributed by atoms with E-state index in [4.69, 9.17) is 4.74 Å². The van der Waals surface area contributed by atoms with Crippen LogP contribution in [0.2, 0.25) is 0 Å². The van der Waals surface area contributed by atoms with Crippen molar-refractivity contribution in [3.05, 3.63) is 83.2 Å². The predicted molar refractivity (Wildman–Crippen MR) is 130 cm³/mol. The third kappa shape index (κ3) is 5.48. The molecule has 170 valence electrons. The van der Waals surface area contributed by atoms with E-state index in [1.54, 1.807) is 18.3 Å². The minimum absolute atomic E-state index is 0.0287. The van der Waals surface area contributed by atoms with Crippen LogP contribution in [0.1, 0.15) is 61.3 Å². The average Bonchev–Trinajstić information content (AvgIpc) is 2.78. The highest BCUT2D eigenvalue weighted by Crippen LogP contribution is 2.32. The molecule has 1 aliphatic carbocycles. The Morgan fingerprint density at radius 2 is 1.79 bits per heavy atom. The second-order valence-electron chi connectivity index (χ2n) is 9.73. The summed E-state index contributed by atoms with van der Waals surface area (Å²) < 4.78 is 5.98. The summed E-state index contributed by atoms with van der Waals surface area (Å²) >= 11 is 0. The molecule has 1 amide bonds. The lowest BCUT2D eigenvalue weighted by Crippen LogP contribution is -2.28. The molecule has 33 heavy (non-hydrogen) atoms. The number of benzene rings is 2. The normalized spacial score (nSPS) is 15.5. The second-order valence-corrected chi connectivity index (χ2v) is 9.73. The fourth-order valence-electron chi connectivity index (χ4n) is 4.13. The van der Waals surface area contributed by atoms with Gasteiger partial charge in [0, 0.05) is 30.8 Å². The van der Waals surface area contributed by atoms with E-state index in [2.05, 4.69) is 49.3 Å². The van der Waals surface area contributed by atoms with Crippen LogP contribution in [0.3, 0.4) is 0 Å². The van der Waals surface area contributed by atoms with Crippen molar-refractivity contribution in [1.82, 2.24) is 4.98 Å². The zero-order valence-electron chi connectivity index (χ0n) is 19.6. The number of aromatic nitrogens is 1. The number of fused-ring (bicyclic) bond motifs is 1. The number of aryl methyl sites for hydroxylation is 1. The SMILES string of the molecule is CC(=O)c1cc(Oc2ccc3c(c2)CC(C(=O)Nc2cccc(C(C)(C)C)c2)CC3)ccn1. The van der Waals surface area contributed by atoms with Gasteiger partial charge in [-0.1, -0.05) is 39.0 Å². The van der Waals surface area contributed by atoms with Crippen LogP contribution < -0.4 is 10.1 Å². The lowest BCUT2D eigenvalue weighted by atomic mass is 9.83. The first-order valence-corrected chi connectivity index (χ1v) is 11.4. The number of ketones is 1. The number of carbonyl (C=O) groups is 2. The zero-order chi connectivity index (χ0) is 23.6. The summed E-state index contributed by atoms with van der Waals surface area (Å²) in [5.74, 6) is 1.12. The fourth-order valence-corrected chi connectivity index (χ4v) is 4.13. The Kier molecular flexibility index (Phi) is 6.32. The summed E-state index contributed by atoms with van der Waals surface area (Å²) in [5, 5.41) is 3.12. The van der Waals surface area contributed by atoms with Crippen molar-refractivity contribution < 1.29 is 14.3 Å². The Hall–Kier alpha value is -3.47. The number of ether oxygens (including phenoxy) is 1. The number of Topliss-reactive ketones (excluding diaryl/α,β-unsaturated/α-hetero) is 1. The molecule has 1 aliphatic rings. The zero-order valence-corrected chi connectivity index (χ0v) is 19.6. The van der Waals surface area contributed by atoms with E-state index in [9.17, 15) is 9.59 Å². The maximum absolute atomic E-state index is 13.0. The fraction of sp³-hybridized carbons (Fsp3) is 0.321. The van der Waals surface area contributed by atoms with Crippen molar-refractivity contribution in [3.63, 3.8) is 0 Å². The number of nitrogens with zero attached hydrogens (tertiary/aromatic N) is 1. The molecule has 0 fully saturated rings. The number of amides is 1. The molecule has 1 aromatic heterocycles. The van der Waals surface area contributed by atoms with E-state index in [1.165, 1.54) is 18.1 Å². The van der Waals surface area contributed by atoms with Crippen LogP contribution in [-0.2, 0) is 23.1 Å². The van der Waals surface area contributed by atoms with E-state index >= 15 is 0 Å². The highest BCUT2D eigenvalue weighted by molar-refractivity contribution is 5.93. The molecule has 0 radical (unpaired) electrons.